The van der Waals surface area contributed by atoms with Crippen molar-refractivity contribution in [3.8, 4) is 0 Å². The van der Waals surface area contributed by atoms with Crippen molar-refractivity contribution >= 4 is 23.2 Å². The van der Waals surface area contributed by atoms with E-state index in [9.17, 15) is 4.79 Å². The number of anilines is 1. The second kappa shape index (κ2) is 7.19. The Balaban J connectivity index is 1.93. The molecule has 21 heavy (non-hydrogen) atoms. The van der Waals surface area contributed by atoms with Gasteiger partial charge in [0, 0.05) is 12.8 Å². The quantitative estimate of drug-likeness (QED) is 0.853. The molecule has 112 valence electrons. The van der Waals surface area contributed by atoms with Crippen LogP contribution in [0.4, 0.5) is 5.69 Å². The molecule has 0 aliphatic rings. The standard InChI is InChI=1S/C14H17ClN4O2/c1-10-4-5-13(12(15)7-10)16-14(21)9-19-8-11(17-18-19)3-2-6-20/h4-5,7-8,20H,2-3,6,9H2,1H3,(H,16,21). The minimum atomic E-state index is -0.223. The smallest absolute Gasteiger partial charge is 0.246 e. The highest BCUT2D eigenvalue weighted by Gasteiger charge is 2.08. The lowest BCUT2D eigenvalue weighted by Gasteiger charge is -2.07. The van der Waals surface area contributed by atoms with E-state index in [2.05, 4.69) is 15.6 Å². The summed E-state index contributed by atoms with van der Waals surface area (Å²) < 4.78 is 1.46. The number of aryl methyl sites for hydroxylation is 2. The van der Waals surface area contributed by atoms with Crippen molar-refractivity contribution in [3.05, 3.63) is 40.7 Å². The first-order valence-electron chi connectivity index (χ1n) is 6.64. The number of aliphatic hydroxyl groups excluding tert-OH is 1. The van der Waals surface area contributed by atoms with Crippen LogP contribution >= 0.6 is 11.6 Å². The maximum absolute atomic E-state index is 11.9. The Morgan fingerprint density at radius 1 is 1.48 bits per heavy atom. The van der Waals surface area contributed by atoms with Gasteiger partial charge in [-0.05, 0) is 37.5 Å². The summed E-state index contributed by atoms with van der Waals surface area (Å²) >= 11 is 6.06. The summed E-state index contributed by atoms with van der Waals surface area (Å²) in [6.07, 6.45) is 2.97. The van der Waals surface area contributed by atoms with Crippen LogP contribution in [0.3, 0.4) is 0 Å². The third kappa shape index (κ3) is 4.54. The lowest BCUT2D eigenvalue weighted by atomic mass is 10.2. The molecule has 1 amide bonds. The van der Waals surface area contributed by atoms with Gasteiger partial charge in [0.2, 0.25) is 5.91 Å². The number of hydrogen-bond acceptors (Lipinski definition) is 4. The van der Waals surface area contributed by atoms with E-state index in [1.165, 1.54) is 4.68 Å². The van der Waals surface area contributed by atoms with E-state index < -0.39 is 0 Å². The molecule has 2 aromatic rings. The maximum atomic E-state index is 11.9. The number of carbonyl (C=O) groups is 1. The highest BCUT2D eigenvalue weighted by Crippen LogP contribution is 2.22. The topological polar surface area (TPSA) is 80.0 Å². The van der Waals surface area contributed by atoms with Gasteiger partial charge in [0.05, 0.1) is 16.4 Å². The van der Waals surface area contributed by atoms with Crippen molar-refractivity contribution in [3.63, 3.8) is 0 Å². The molecule has 0 fully saturated rings. The Hall–Kier alpha value is -1.92. The van der Waals surface area contributed by atoms with Crippen molar-refractivity contribution in [2.24, 2.45) is 0 Å². The van der Waals surface area contributed by atoms with Crippen molar-refractivity contribution in [1.82, 2.24) is 15.0 Å². The summed E-state index contributed by atoms with van der Waals surface area (Å²) in [4.78, 5) is 11.9. The second-order valence-corrected chi connectivity index (χ2v) is 5.17. The molecule has 6 nitrogen and oxygen atoms in total. The molecule has 1 aromatic carbocycles. The molecule has 0 spiro atoms. The fourth-order valence-electron chi connectivity index (χ4n) is 1.85. The number of halogens is 1. The normalized spacial score (nSPS) is 10.6. The zero-order valence-electron chi connectivity index (χ0n) is 11.7. The highest BCUT2D eigenvalue weighted by molar-refractivity contribution is 6.33. The summed E-state index contributed by atoms with van der Waals surface area (Å²) in [5.41, 5.74) is 2.36. The molecule has 0 aliphatic heterocycles. The predicted octanol–water partition coefficient (Wildman–Crippen LogP) is 1.80. The average molecular weight is 309 g/mol. The second-order valence-electron chi connectivity index (χ2n) is 4.77. The number of nitrogens with one attached hydrogen (secondary N) is 1. The van der Waals surface area contributed by atoms with Gasteiger partial charge in [-0.3, -0.25) is 4.79 Å². The Bertz CT molecular complexity index is 627. The van der Waals surface area contributed by atoms with Crippen LogP contribution in [0.25, 0.3) is 0 Å². The Morgan fingerprint density at radius 3 is 3.00 bits per heavy atom. The summed E-state index contributed by atoms with van der Waals surface area (Å²) in [5, 5.41) is 19.8. The zero-order valence-corrected chi connectivity index (χ0v) is 12.5. The Kier molecular flexibility index (Phi) is 5.30. The van der Waals surface area contributed by atoms with Crippen LogP contribution in [0.15, 0.2) is 24.4 Å². The number of aromatic nitrogens is 3. The number of nitrogens with zero attached hydrogens (tertiary/aromatic N) is 3. The number of benzene rings is 1. The minimum absolute atomic E-state index is 0.0658. The van der Waals surface area contributed by atoms with Crippen LogP contribution in [0.1, 0.15) is 17.7 Å². The van der Waals surface area contributed by atoms with Crippen molar-refractivity contribution in [2.45, 2.75) is 26.3 Å². The minimum Gasteiger partial charge on any atom is -0.396 e. The van der Waals surface area contributed by atoms with Crippen LogP contribution in [-0.4, -0.2) is 32.6 Å². The molecular formula is C14H17ClN4O2. The molecule has 0 aliphatic carbocycles. The molecule has 0 saturated heterocycles. The van der Waals surface area contributed by atoms with E-state index in [4.69, 9.17) is 16.7 Å². The highest BCUT2D eigenvalue weighted by atomic mass is 35.5. The molecule has 0 atom stereocenters. The predicted molar refractivity (Wildman–Crippen MR) is 80.2 cm³/mol. The van der Waals surface area contributed by atoms with E-state index in [0.717, 1.165) is 11.3 Å². The van der Waals surface area contributed by atoms with E-state index in [-0.39, 0.29) is 19.1 Å². The third-order valence-electron chi connectivity index (χ3n) is 2.88. The maximum Gasteiger partial charge on any atom is 0.246 e. The number of aliphatic hydroxyl groups is 1. The van der Waals surface area contributed by atoms with Crippen LogP contribution in [0, 0.1) is 6.92 Å². The first-order chi connectivity index (χ1) is 10.1. The lowest BCUT2D eigenvalue weighted by molar-refractivity contribution is -0.116. The van der Waals surface area contributed by atoms with Gasteiger partial charge in [0.15, 0.2) is 0 Å². The summed E-state index contributed by atoms with van der Waals surface area (Å²) in [5.74, 6) is -0.223. The van der Waals surface area contributed by atoms with Crippen molar-refractivity contribution in [1.29, 1.82) is 0 Å². The summed E-state index contributed by atoms with van der Waals surface area (Å²) in [6, 6.07) is 5.44. The molecule has 2 N–H and O–H groups in total. The molecule has 1 aromatic heterocycles. The van der Waals surface area contributed by atoms with Crippen LogP contribution < -0.4 is 5.32 Å². The summed E-state index contributed by atoms with van der Waals surface area (Å²) in [7, 11) is 0. The largest absolute Gasteiger partial charge is 0.396 e. The van der Waals surface area contributed by atoms with Crippen molar-refractivity contribution < 1.29 is 9.90 Å². The Morgan fingerprint density at radius 2 is 2.29 bits per heavy atom. The monoisotopic (exact) mass is 308 g/mol. The lowest BCUT2D eigenvalue weighted by Crippen LogP contribution is -2.19. The number of rotatable bonds is 6. The van der Waals surface area contributed by atoms with Crippen LogP contribution in [-0.2, 0) is 17.8 Å². The zero-order chi connectivity index (χ0) is 15.2. The molecule has 2 rings (SSSR count). The first kappa shape index (κ1) is 15.5. The fourth-order valence-corrected chi connectivity index (χ4v) is 2.13. The van der Waals surface area contributed by atoms with Gasteiger partial charge < -0.3 is 10.4 Å². The van der Waals surface area contributed by atoms with E-state index in [1.807, 2.05) is 13.0 Å². The molecule has 7 heteroatoms. The van der Waals surface area contributed by atoms with E-state index in [1.54, 1.807) is 18.3 Å². The van der Waals surface area contributed by atoms with Gasteiger partial charge in [-0.25, -0.2) is 4.68 Å². The van der Waals surface area contributed by atoms with Gasteiger partial charge in [-0.15, -0.1) is 5.10 Å². The fraction of sp³-hybridized carbons (Fsp3) is 0.357. The molecule has 0 saturated carbocycles. The van der Waals surface area contributed by atoms with E-state index in [0.29, 0.717) is 23.6 Å². The number of hydrogen-bond donors (Lipinski definition) is 2. The van der Waals surface area contributed by atoms with Gasteiger partial charge in [0.25, 0.3) is 0 Å². The van der Waals surface area contributed by atoms with Gasteiger partial charge in [-0.2, -0.15) is 0 Å². The first-order valence-corrected chi connectivity index (χ1v) is 7.02. The molecule has 1 heterocycles. The number of carbonyl (C=O) groups excluding carboxylic acids is 1. The molecular weight excluding hydrogens is 292 g/mol. The molecule has 0 bridgehead atoms. The third-order valence-corrected chi connectivity index (χ3v) is 3.19. The molecule has 0 unspecified atom stereocenters. The summed E-state index contributed by atoms with van der Waals surface area (Å²) in [6.45, 7) is 2.11. The Labute approximate surface area is 127 Å². The van der Waals surface area contributed by atoms with E-state index >= 15 is 0 Å². The van der Waals surface area contributed by atoms with Gasteiger partial charge >= 0.3 is 0 Å². The van der Waals surface area contributed by atoms with Gasteiger partial charge in [-0.1, -0.05) is 22.9 Å². The van der Waals surface area contributed by atoms with Crippen molar-refractivity contribution in [2.75, 3.05) is 11.9 Å². The van der Waals surface area contributed by atoms with Crippen LogP contribution in [0.5, 0.6) is 0 Å². The average Bonchev–Trinajstić information content (AvgIpc) is 2.87. The van der Waals surface area contributed by atoms with Gasteiger partial charge in [0.1, 0.15) is 6.54 Å². The SMILES string of the molecule is Cc1ccc(NC(=O)Cn2cc(CCCO)nn2)c(Cl)c1. The van der Waals surface area contributed by atoms with Crippen LogP contribution in [0.2, 0.25) is 5.02 Å². The number of amides is 1. The molecule has 0 radical (unpaired) electrons.